The predicted octanol–water partition coefficient (Wildman–Crippen LogP) is 3.25. The van der Waals surface area contributed by atoms with E-state index in [0.29, 0.717) is 0 Å². The number of carboxylic acid groups (broad SMARTS) is 1. The van der Waals surface area contributed by atoms with Crippen molar-refractivity contribution in [2.45, 2.75) is 43.9 Å². The standard InChI is InChI=1S/C16H19NO2/c18-15(19)13-2-1-3-14(17-13)16-7-10-4-11(8-16)6-12(5-10)9-16/h1-3,10-12H,4-9H2,(H,18,19). The van der Waals surface area contributed by atoms with Crippen LogP contribution in [-0.4, -0.2) is 16.1 Å². The fourth-order valence-electron chi connectivity index (χ4n) is 5.27. The molecule has 0 atom stereocenters. The Hall–Kier alpha value is -1.38. The van der Waals surface area contributed by atoms with Gasteiger partial charge in [-0.25, -0.2) is 9.78 Å². The van der Waals surface area contributed by atoms with Crippen LogP contribution in [0.3, 0.4) is 0 Å². The minimum absolute atomic E-state index is 0.195. The molecule has 1 aromatic heterocycles. The highest BCUT2D eigenvalue weighted by Gasteiger charge is 2.52. The van der Waals surface area contributed by atoms with Crippen LogP contribution in [-0.2, 0) is 5.41 Å². The van der Waals surface area contributed by atoms with Crippen molar-refractivity contribution in [1.82, 2.24) is 4.98 Å². The van der Waals surface area contributed by atoms with Crippen molar-refractivity contribution in [2.75, 3.05) is 0 Å². The van der Waals surface area contributed by atoms with Crippen molar-refractivity contribution < 1.29 is 9.90 Å². The van der Waals surface area contributed by atoms with Gasteiger partial charge in [-0.1, -0.05) is 6.07 Å². The number of nitrogens with zero attached hydrogens (tertiary/aromatic N) is 1. The molecule has 0 aromatic carbocycles. The molecule has 3 nitrogen and oxygen atoms in total. The van der Waals surface area contributed by atoms with Crippen LogP contribution in [0.25, 0.3) is 0 Å². The van der Waals surface area contributed by atoms with E-state index in [1.807, 2.05) is 6.07 Å². The summed E-state index contributed by atoms with van der Waals surface area (Å²) in [6.07, 6.45) is 7.90. The second-order valence-corrected chi connectivity index (χ2v) is 6.91. The summed E-state index contributed by atoms with van der Waals surface area (Å²) >= 11 is 0. The van der Waals surface area contributed by atoms with Gasteiger partial charge in [0, 0.05) is 11.1 Å². The zero-order valence-electron chi connectivity index (χ0n) is 11.0. The Kier molecular flexibility index (Phi) is 2.30. The smallest absolute Gasteiger partial charge is 0.354 e. The van der Waals surface area contributed by atoms with Crippen LogP contribution in [0, 0.1) is 17.8 Å². The molecule has 4 bridgehead atoms. The van der Waals surface area contributed by atoms with E-state index in [1.165, 1.54) is 38.5 Å². The van der Waals surface area contributed by atoms with Gasteiger partial charge in [0.2, 0.25) is 0 Å². The molecule has 0 aliphatic heterocycles. The summed E-state index contributed by atoms with van der Waals surface area (Å²) in [6.45, 7) is 0. The summed E-state index contributed by atoms with van der Waals surface area (Å²) in [7, 11) is 0. The van der Waals surface area contributed by atoms with E-state index in [1.54, 1.807) is 6.07 Å². The summed E-state index contributed by atoms with van der Waals surface area (Å²) in [5.41, 5.74) is 1.44. The zero-order valence-corrected chi connectivity index (χ0v) is 11.0. The van der Waals surface area contributed by atoms with Gasteiger partial charge in [0.1, 0.15) is 5.69 Å². The molecule has 1 N–H and O–H groups in total. The van der Waals surface area contributed by atoms with Gasteiger partial charge >= 0.3 is 5.97 Å². The molecule has 1 heterocycles. The van der Waals surface area contributed by atoms with E-state index in [9.17, 15) is 4.79 Å². The first-order valence-electron chi connectivity index (χ1n) is 7.35. The number of hydrogen-bond donors (Lipinski definition) is 1. The average Bonchev–Trinajstić information content (AvgIpc) is 2.37. The molecule has 4 saturated carbocycles. The highest BCUT2D eigenvalue weighted by molar-refractivity contribution is 5.85. The number of rotatable bonds is 2. The van der Waals surface area contributed by atoms with Crippen molar-refractivity contribution in [2.24, 2.45) is 17.8 Å². The third kappa shape index (κ3) is 1.71. The van der Waals surface area contributed by atoms with E-state index < -0.39 is 5.97 Å². The quantitative estimate of drug-likeness (QED) is 0.884. The van der Waals surface area contributed by atoms with Crippen LogP contribution in [0.2, 0.25) is 0 Å². The van der Waals surface area contributed by atoms with Crippen LogP contribution >= 0.6 is 0 Å². The SMILES string of the molecule is O=C(O)c1cccc(C23CC4CC(CC(C4)C2)C3)n1. The van der Waals surface area contributed by atoms with Gasteiger partial charge in [-0.2, -0.15) is 0 Å². The fraction of sp³-hybridized carbons (Fsp3) is 0.625. The lowest BCUT2D eigenvalue weighted by Gasteiger charge is -2.56. The van der Waals surface area contributed by atoms with Gasteiger partial charge in [0.15, 0.2) is 0 Å². The molecular formula is C16H19NO2. The van der Waals surface area contributed by atoms with Crippen molar-refractivity contribution in [3.8, 4) is 0 Å². The Morgan fingerprint density at radius 3 is 2.21 bits per heavy atom. The Labute approximate surface area is 113 Å². The molecule has 3 heteroatoms. The minimum atomic E-state index is -0.911. The number of pyridine rings is 1. The van der Waals surface area contributed by atoms with Crippen molar-refractivity contribution in [3.05, 3.63) is 29.6 Å². The summed E-state index contributed by atoms with van der Waals surface area (Å²) in [5.74, 6) is 1.68. The second-order valence-electron chi connectivity index (χ2n) is 6.91. The van der Waals surface area contributed by atoms with E-state index in [2.05, 4.69) is 11.1 Å². The summed E-state index contributed by atoms with van der Waals surface area (Å²) in [5, 5.41) is 9.13. The number of hydrogen-bond acceptors (Lipinski definition) is 2. The number of carboxylic acids is 1. The van der Waals surface area contributed by atoms with E-state index in [4.69, 9.17) is 5.11 Å². The topological polar surface area (TPSA) is 50.2 Å². The molecule has 0 saturated heterocycles. The summed E-state index contributed by atoms with van der Waals surface area (Å²) < 4.78 is 0. The first kappa shape index (κ1) is 11.4. The lowest BCUT2D eigenvalue weighted by Crippen LogP contribution is -2.49. The van der Waals surface area contributed by atoms with Crippen LogP contribution < -0.4 is 0 Å². The molecule has 19 heavy (non-hydrogen) atoms. The van der Waals surface area contributed by atoms with Crippen molar-refractivity contribution in [1.29, 1.82) is 0 Å². The lowest BCUT2D eigenvalue weighted by atomic mass is 9.49. The molecule has 4 aliphatic rings. The second kappa shape index (κ2) is 3.81. The third-order valence-electron chi connectivity index (χ3n) is 5.55. The molecule has 4 aliphatic carbocycles. The fourth-order valence-corrected chi connectivity index (χ4v) is 5.27. The van der Waals surface area contributed by atoms with Gasteiger partial charge in [-0.3, -0.25) is 0 Å². The molecule has 0 amide bonds. The Morgan fingerprint density at radius 2 is 1.68 bits per heavy atom. The van der Waals surface area contributed by atoms with Crippen molar-refractivity contribution in [3.63, 3.8) is 0 Å². The van der Waals surface area contributed by atoms with Gasteiger partial charge in [0.05, 0.1) is 0 Å². The highest BCUT2D eigenvalue weighted by Crippen LogP contribution is 2.60. The first-order valence-corrected chi connectivity index (χ1v) is 7.35. The minimum Gasteiger partial charge on any atom is -0.477 e. The molecule has 0 radical (unpaired) electrons. The Balaban J connectivity index is 1.75. The normalized spacial score (nSPS) is 39.5. The van der Waals surface area contributed by atoms with Crippen LogP contribution in [0.4, 0.5) is 0 Å². The molecule has 4 fully saturated rings. The van der Waals surface area contributed by atoms with Gasteiger partial charge < -0.3 is 5.11 Å². The van der Waals surface area contributed by atoms with Crippen LogP contribution in [0.15, 0.2) is 18.2 Å². The van der Waals surface area contributed by atoms with Gasteiger partial charge in [-0.15, -0.1) is 0 Å². The number of aromatic carboxylic acids is 1. The number of carbonyl (C=O) groups is 1. The molecule has 0 unspecified atom stereocenters. The maximum atomic E-state index is 11.1. The van der Waals surface area contributed by atoms with Crippen molar-refractivity contribution >= 4 is 5.97 Å². The van der Waals surface area contributed by atoms with Gasteiger partial charge in [0.25, 0.3) is 0 Å². The predicted molar refractivity (Wildman–Crippen MR) is 71.0 cm³/mol. The Morgan fingerprint density at radius 1 is 1.11 bits per heavy atom. The van der Waals surface area contributed by atoms with E-state index in [0.717, 1.165) is 23.4 Å². The zero-order chi connectivity index (χ0) is 13.0. The Bertz CT molecular complexity index is 502. The van der Waals surface area contributed by atoms with Gasteiger partial charge in [-0.05, 0) is 68.4 Å². The van der Waals surface area contributed by atoms with Crippen LogP contribution in [0.1, 0.15) is 54.7 Å². The molecular weight excluding hydrogens is 238 g/mol. The number of aromatic nitrogens is 1. The highest BCUT2D eigenvalue weighted by atomic mass is 16.4. The molecule has 5 rings (SSSR count). The first-order chi connectivity index (χ1) is 9.14. The summed E-state index contributed by atoms with van der Waals surface area (Å²) in [4.78, 5) is 15.6. The molecule has 0 spiro atoms. The largest absolute Gasteiger partial charge is 0.477 e. The van der Waals surface area contributed by atoms with E-state index >= 15 is 0 Å². The van der Waals surface area contributed by atoms with Crippen LogP contribution in [0.5, 0.6) is 0 Å². The van der Waals surface area contributed by atoms with E-state index in [-0.39, 0.29) is 11.1 Å². The maximum Gasteiger partial charge on any atom is 0.354 e. The lowest BCUT2D eigenvalue weighted by molar-refractivity contribution is -0.00728. The molecule has 100 valence electrons. The third-order valence-corrected chi connectivity index (χ3v) is 5.55. The maximum absolute atomic E-state index is 11.1. The average molecular weight is 257 g/mol. The monoisotopic (exact) mass is 257 g/mol. The summed E-state index contributed by atoms with van der Waals surface area (Å²) in [6, 6.07) is 5.52. The molecule has 1 aromatic rings.